The van der Waals surface area contributed by atoms with E-state index in [9.17, 15) is 9.59 Å². The molecule has 0 bridgehead atoms. The minimum atomic E-state index is -0.318. The molecule has 0 saturated carbocycles. The van der Waals surface area contributed by atoms with Gasteiger partial charge in [-0.3, -0.25) is 4.79 Å². The lowest BCUT2D eigenvalue weighted by Crippen LogP contribution is -2.41. The van der Waals surface area contributed by atoms with E-state index in [4.69, 9.17) is 16.0 Å². The first-order valence-electron chi connectivity index (χ1n) is 7.02. The summed E-state index contributed by atoms with van der Waals surface area (Å²) in [5.74, 6) is 1.01. The quantitative estimate of drug-likeness (QED) is 0.881. The Balaban J connectivity index is 1.85. The van der Waals surface area contributed by atoms with Crippen LogP contribution in [0.4, 0.5) is 4.79 Å². The third-order valence-corrected chi connectivity index (χ3v) is 3.27. The normalized spacial score (nSPS) is 10.2. The first kappa shape index (κ1) is 16.9. The van der Waals surface area contributed by atoms with Crippen molar-refractivity contribution in [3.8, 4) is 11.3 Å². The van der Waals surface area contributed by atoms with Crippen LogP contribution in [0.15, 0.2) is 40.8 Å². The van der Waals surface area contributed by atoms with E-state index >= 15 is 0 Å². The van der Waals surface area contributed by atoms with Crippen molar-refractivity contribution in [2.75, 3.05) is 20.6 Å². The van der Waals surface area contributed by atoms with E-state index in [0.29, 0.717) is 16.5 Å². The molecular weight excluding hydrogens is 318 g/mol. The second-order valence-electron chi connectivity index (χ2n) is 5.11. The standard InChI is InChI=1S/C16H18ClN3O3/c1-20(2)16(22)19-10-15(21)18-9-13-6-7-14(23-13)11-4-3-5-12(17)8-11/h3-8H,9-10H2,1-2H3,(H,18,21)(H,19,22). The molecule has 1 aromatic heterocycles. The van der Waals surface area contributed by atoms with Crippen LogP contribution in [0, 0.1) is 0 Å². The van der Waals surface area contributed by atoms with E-state index in [2.05, 4.69) is 10.6 Å². The van der Waals surface area contributed by atoms with Gasteiger partial charge in [-0.1, -0.05) is 23.7 Å². The molecule has 2 aromatic rings. The van der Waals surface area contributed by atoms with Gasteiger partial charge in [0.1, 0.15) is 11.5 Å². The van der Waals surface area contributed by atoms with Crippen molar-refractivity contribution in [1.82, 2.24) is 15.5 Å². The van der Waals surface area contributed by atoms with Crippen LogP contribution in [-0.2, 0) is 11.3 Å². The number of hydrogen-bond donors (Lipinski definition) is 2. The van der Waals surface area contributed by atoms with Gasteiger partial charge in [0.25, 0.3) is 0 Å². The third kappa shape index (κ3) is 5.03. The molecule has 0 aliphatic carbocycles. The topological polar surface area (TPSA) is 74.6 Å². The fourth-order valence-electron chi connectivity index (χ4n) is 1.83. The van der Waals surface area contributed by atoms with E-state index in [1.807, 2.05) is 18.2 Å². The molecule has 1 heterocycles. The Labute approximate surface area is 139 Å². The maximum absolute atomic E-state index is 11.7. The van der Waals surface area contributed by atoms with Crippen LogP contribution in [0.2, 0.25) is 5.02 Å². The summed E-state index contributed by atoms with van der Waals surface area (Å²) < 4.78 is 5.67. The monoisotopic (exact) mass is 335 g/mol. The van der Waals surface area contributed by atoms with E-state index in [0.717, 1.165) is 5.56 Å². The molecule has 1 aromatic carbocycles. The predicted molar refractivity (Wildman–Crippen MR) is 88.1 cm³/mol. The fourth-order valence-corrected chi connectivity index (χ4v) is 2.02. The molecule has 0 saturated heterocycles. The maximum atomic E-state index is 11.7. The molecule has 0 aliphatic rings. The maximum Gasteiger partial charge on any atom is 0.317 e. The van der Waals surface area contributed by atoms with Crippen molar-refractivity contribution in [2.24, 2.45) is 0 Å². The SMILES string of the molecule is CN(C)C(=O)NCC(=O)NCc1ccc(-c2cccc(Cl)c2)o1. The van der Waals surface area contributed by atoms with Crippen molar-refractivity contribution < 1.29 is 14.0 Å². The summed E-state index contributed by atoms with van der Waals surface area (Å²) >= 11 is 5.95. The Morgan fingerprint density at radius 1 is 1.17 bits per heavy atom. The number of urea groups is 1. The zero-order chi connectivity index (χ0) is 16.8. The van der Waals surface area contributed by atoms with Crippen LogP contribution in [0.3, 0.4) is 0 Å². The van der Waals surface area contributed by atoms with Gasteiger partial charge in [0.05, 0.1) is 13.1 Å². The minimum absolute atomic E-state index is 0.0845. The van der Waals surface area contributed by atoms with Crippen molar-refractivity contribution in [2.45, 2.75) is 6.54 Å². The number of nitrogens with zero attached hydrogens (tertiary/aromatic N) is 1. The van der Waals surface area contributed by atoms with Gasteiger partial charge >= 0.3 is 6.03 Å². The number of carbonyl (C=O) groups excluding carboxylic acids is 2. The number of carbonyl (C=O) groups is 2. The van der Waals surface area contributed by atoms with E-state index in [-0.39, 0.29) is 25.0 Å². The zero-order valence-corrected chi connectivity index (χ0v) is 13.7. The molecule has 7 heteroatoms. The minimum Gasteiger partial charge on any atom is -0.459 e. The molecule has 0 unspecified atom stereocenters. The molecule has 6 nitrogen and oxygen atoms in total. The van der Waals surface area contributed by atoms with E-state index in [1.54, 1.807) is 32.3 Å². The smallest absolute Gasteiger partial charge is 0.317 e. The summed E-state index contributed by atoms with van der Waals surface area (Å²) in [5.41, 5.74) is 0.869. The number of furan rings is 1. The summed E-state index contributed by atoms with van der Waals surface area (Å²) in [5, 5.41) is 5.79. The van der Waals surface area contributed by atoms with E-state index < -0.39 is 0 Å². The number of benzene rings is 1. The van der Waals surface area contributed by atoms with Crippen LogP contribution >= 0.6 is 11.6 Å². The molecule has 3 amide bonds. The Morgan fingerprint density at radius 2 is 1.96 bits per heavy atom. The molecule has 0 radical (unpaired) electrons. The summed E-state index contributed by atoms with van der Waals surface area (Å²) in [7, 11) is 3.21. The second kappa shape index (κ2) is 7.69. The molecule has 0 atom stereocenters. The molecule has 122 valence electrons. The van der Waals surface area contributed by atoms with Crippen molar-refractivity contribution >= 4 is 23.5 Å². The number of halogens is 1. The molecule has 0 aliphatic heterocycles. The predicted octanol–water partition coefficient (Wildman–Crippen LogP) is 2.49. The lowest BCUT2D eigenvalue weighted by molar-refractivity contribution is -0.120. The average Bonchev–Trinajstić information content (AvgIpc) is 2.99. The first-order chi connectivity index (χ1) is 11.0. The fraction of sp³-hybridized carbons (Fsp3) is 0.250. The lowest BCUT2D eigenvalue weighted by atomic mass is 10.2. The molecular formula is C16H18ClN3O3. The van der Waals surface area contributed by atoms with Crippen LogP contribution < -0.4 is 10.6 Å². The highest BCUT2D eigenvalue weighted by molar-refractivity contribution is 6.30. The lowest BCUT2D eigenvalue weighted by Gasteiger charge is -2.11. The van der Waals surface area contributed by atoms with Gasteiger partial charge in [-0.05, 0) is 24.3 Å². The van der Waals surface area contributed by atoms with Gasteiger partial charge in [-0.2, -0.15) is 0 Å². The number of rotatable bonds is 5. The van der Waals surface area contributed by atoms with Crippen LogP contribution in [0.5, 0.6) is 0 Å². The third-order valence-electron chi connectivity index (χ3n) is 3.04. The summed E-state index contributed by atoms with van der Waals surface area (Å²) in [6, 6.07) is 10.6. The number of nitrogens with one attached hydrogen (secondary N) is 2. The van der Waals surface area contributed by atoms with Gasteiger partial charge < -0.3 is 20.0 Å². The number of hydrogen-bond acceptors (Lipinski definition) is 3. The molecule has 0 fully saturated rings. The van der Waals surface area contributed by atoms with Crippen molar-refractivity contribution in [1.29, 1.82) is 0 Å². The Hall–Kier alpha value is -2.47. The van der Waals surface area contributed by atoms with Crippen LogP contribution in [-0.4, -0.2) is 37.5 Å². The highest BCUT2D eigenvalue weighted by Crippen LogP contribution is 2.24. The summed E-state index contributed by atoms with van der Waals surface area (Å²) in [4.78, 5) is 24.3. The Bertz CT molecular complexity index is 697. The van der Waals surface area contributed by atoms with Gasteiger partial charge in [-0.25, -0.2) is 4.79 Å². The van der Waals surface area contributed by atoms with Gasteiger partial charge in [0.2, 0.25) is 5.91 Å². The van der Waals surface area contributed by atoms with Crippen LogP contribution in [0.25, 0.3) is 11.3 Å². The molecule has 2 N–H and O–H groups in total. The van der Waals surface area contributed by atoms with Crippen LogP contribution in [0.1, 0.15) is 5.76 Å². The molecule has 2 rings (SSSR count). The second-order valence-corrected chi connectivity index (χ2v) is 5.54. The summed E-state index contributed by atoms with van der Waals surface area (Å²) in [6.45, 7) is 0.163. The zero-order valence-electron chi connectivity index (χ0n) is 12.9. The summed E-state index contributed by atoms with van der Waals surface area (Å²) in [6.07, 6.45) is 0. The van der Waals surface area contributed by atoms with Gasteiger partial charge in [0.15, 0.2) is 0 Å². The first-order valence-corrected chi connectivity index (χ1v) is 7.40. The van der Waals surface area contributed by atoms with Crippen molar-refractivity contribution in [3.05, 3.63) is 47.2 Å². The highest BCUT2D eigenvalue weighted by Gasteiger charge is 2.09. The van der Waals surface area contributed by atoms with Crippen molar-refractivity contribution in [3.63, 3.8) is 0 Å². The Kier molecular flexibility index (Phi) is 5.65. The van der Waals surface area contributed by atoms with Gasteiger partial charge in [-0.15, -0.1) is 0 Å². The number of amides is 3. The average molecular weight is 336 g/mol. The molecule has 0 spiro atoms. The highest BCUT2D eigenvalue weighted by atomic mass is 35.5. The molecule has 23 heavy (non-hydrogen) atoms. The Morgan fingerprint density at radius 3 is 2.65 bits per heavy atom. The van der Waals surface area contributed by atoms with Gasteiger partial charge in [0, 0.05) is 24.7 Å². The largest absolute Gasteiger partial charge is 0.459 e. The van der Waals surface area contributed by atoms with E-state index in [1.165, 1.54) is 4.90 Å².